The van der Waals surface area contributed by atoms with Crippen molar-refractivity contribution in [3.63, 3.8) is 0 Å². The van der Waals surface area contributed by atoms with Crippen LogP contribution in [0.4, 0.5) is 0 Å². The van der Waals surface area contributed by atoms with E-state index in [1.54, 1.807) is 0 Å². The van der Waals surface area contributed by atoms with Crippen molar-refractivity contribution in [3.8, 4) is 0 Å². The SMILES string of the molecule is C=N/C(NCc1ccccc1C)=C(N)\C(Cl)=C/CC(C)(C)C.CC. The molecule has 0 amide bonds. The van der Waals surface area contributed by atoms with Gasteiger partial charge in [0.2, 0.25) is 0 Å². The van der Waals surface area contributed by atoms with E-state index >= 15 is 0 Å². The van der Waals surface area contributed by atoms with Gasteiger partial charge in [0.25, 0.3) is 0 Å². The molecule has 0 fully saturated rings. The van der Waals surface area contributed by atoms with Crippen molar-refractivity contribution in [1.29, 1.82) is 0 Å². The molecule has 0 atom stereocenters. The van der Waals surface area contributed by atoms with E-state index in [0.717, 1.165) is 6.42 Å². The zero-order valence-electron chi connectivity index (χ0n) is 15.9. The van der Waals surface area contributed by atoms with Gasteiger partial charge in [0.1, 0.15) is 5.82 Å². The van der Waals surface area contributed by atoms with Gasteiger partial charge in [-0.25, -0.2) is 4.99 Å². The fourth-order valence-corrected chi connectivity index (χ4v) is 2.01. The number of hydrogen-bond acceptors (Lipinski definition) is 3. The Morgan fingerprint density at radius 3 is 2.38 bits per heavy atom. The van der Waals surface area contributed by atoms with Crippen LogP contribution in [0.25, 0.3) is 0 Å². The molecular weight excluding hydrogens is 318 g/mol. The number of hydrogen-bond donors (Lipinski definition) is 2. The highest BCUT2D eigenvalue weighted by atomic mass is 35.5. The Balaban J connectivity index is 0.00000254. The van der Waals surface area contributed by atoms with Crippen LogP contribution in [-0.2, 0) is 6.54 Å². The Labute approximate surface area is 152 Å². The molecule has 0 radical (unpaired) electrons. The number of nitrogens with two attached hydrogens (primary N) is 1. The summed E-state index contributed by atoms with van der Waals surface area (Å²) in [5, 5.41) is 3.71. The molecule has 0 saturated heterocycles. The van der Waals surface area contributed by atoms with Gasteiger partial charge in [-0.05, 0) is 36.6 Å². The molecule has 0 aliphatic carbocycles. The Morgan fingerprint density at radius 2 is 1.88 bits per heavy atom. The van der Waals surface area contributed by atoms with E-state index in [1.807, 2.05) is 32.1 Å². The zero-order chi connectivity index (χ0) is 18.8. The van der Waals surface area contributed by atoms with Crippen LogP contribution in [-0.4, -0.2) is 6.72 Å². The van der Waals surface area contributed by atoms with E-state index in [2.05, 4.69) is 56.9 Å². The maximum absolute atomic E-state index is 6.27. The van der Waals surface area contributed by atoms with Crippen molar-refractivity contribution in [3.05, 3.63) is 58.0 Å². The second-order valence-electron chi connectivity index (χ2n) is 6.52. The second-order valence-corrected chi connectivity index (χ2v) is 6.92. The minimum atomic E-state index is 0.163. The van der Waals surface area contributed by atoms with Crippen molar-refractivity contribution in [2.45, 2.75) is 54.5 Å². The monoisotopic (exact) mass is 349 g/mol. The molecule has 0 heterocycles. The number of allylic oxidation sites excluding steroid dienone is 2. The molecule has 0 unspecified atom stereocenters. The maximum Gasteiger partial charge on any atom is 0.150 e. The third-order valence-electron chi connectivity index (χ3n) is 3.27. The molecule has 0 saturated carbocycles. The lowest BCUT2D eigenvalue weighted by molar-refractivity contribution is 0.420. The first-order chi connectivity index (χ1) is 11.2. The largest absolute Gasteiger partial charge is 0.395 e. The van der Waals surface area contributed by atoms with Gasteiger partial charge in [0.15, 0.2) is 0 Å². The molecular formula is C20H32ClN3. The summed E-state index contributed by atoms with van der Waals surface area (Å²) in [5.74, 6) is 0.512. The average molecular weight is 350 g/mol. The molecule has 24 heavy (non-hydrogen) atoms. The van der Waals surface area contributed by atoms with E-state index in [9.17, 15) is 0 Å². The van der Waals surface area contributed by atoms with Crippen LogP contribution in [0.2, 0.25) is 0 Å². The first kappa shape index (κ1) is 22.3. The van der Waals surface area contributed by atoms with Gasteiger partial charge >= 0.3 is 0 Å². The molecule has 0 aliphatic rings. The van der Waals surface area contributed by atoms with E-state index in [0.29, 0.717) is 23.1 Å². The fourth-order valence-electron chi connectivity index (χ4n) is 1.84. The van der Waals surface area contributed by atoms with Crippen LogP contribution in [0.15, 0.2) is 51.9 Å². The van der Waals surface area contributed by atoms with Crippen molar-refractivity contribution >= 4 is 18.3 Å². The quantitative estimate of drug-likeness (QED) is 0.526. The first-order valence-corrected chi connectivity index (χ1v) is 8.73. The highest BCUT2D eigenvalue weighted by Crippen LogP contribution is 2.23. The van der Waals surface area contributed by atoms with Crippen molar-refractivity contribution in [2.75, 3.05) is 0 Å². The Kier molecular flexibility index (Phi) is 10.1. The summed E-state index contributed by atoms with van der Waals surface area (Å²) in [6.45, 7) is 16.7. The number of rotatable bonds is 6. The van der Waals surface area contributed by atoms with Crippen LogP contribution in [0.5, 0.6) is 0 Å². The Hall–Kier alpha value is -1.74. The molecule has 1 aromatic carbocycles. The van der Waals surface area contributed by atoms with Crippen molar-refractivity contribution < 1.29 is 0 Å². The highest BCUT2D eigenvalue weighted by Gasteiger charge is 2.11. The number of aryl methyl sites for hydroxylation is 1. The summed E-state index contributed by atoms with van der Waals surface area (Å²) in [5.41, 5.74) is 9.08. The van der Waals surface area contributed by atoms with Crippen LogP contribution in [0.3, 0.4) is 0 Å². The van der Waals surface area contributed by atoms with Gasteiger partial charge in [-0.2, -0.15) is 0 Å². The number of halogens is 1. The van der Waals surface area contributed by atoms with Crippen LogP contribution < -0.4 is 11.1 Å². The predicted octanol–water partition coefficient (Wildman–Crippen LogP) is 5.50. The number of nitrogens with one attached hydrogen (secondary N) is 1. The van der Waals surface area contributed by atoms with Crippen molar-refractivity contribution in [2.24, 2.45) is 16.1 Å². The van der Waals surface area contributed by atoms with Gasteiger partial charge in [-0.15, -0.1) is 0 Å². The molecule has 4 heteroatoms. The average Bonchev–Trinajstić information content (AvgIpc) is 2.55. The van der Waals surface area contributed by atoms with Gasteiger partial charge in [-0.3, -0.25) is 0 Å². The summed E-state index contributed by atoms with van der Waals surface area (Å²) < 4.78 is 0. The normalized spacial score (nSPS) is 12.7. The van der Waals surface area contributed by atoms with E-state index in [1.165, 1.54) is 11.1 Å². The third-order valence-corrected chi connectivity index (χ3v) is 3.63. The molecule has 0 bridgehead atoms. The van der Waals surface area contributed by atoms with Crippen LogP contribution >= 0.6 is 11.6 Å². The van der Waals surface area contributed by atoms with E-state index in [4.69, 9.17) is 17.3 Å². The number of benzene rings is 1. The predicted molar refractivity (Wildman–Crippen MR) is 108 cm³/mol. The minimum absolute atomic E-state index is 0.163. The molecule has 134 valence electrons. The molecule has 0 spiro atoms. The summed E-state index contributed by atoms with van der Waals surface area (Å²) in [4.78, 5) is 3.97. The van der Waals surface area contributed by atoms with Gasteiger partial charge in [0, 0.05) is 6.54 Å². The minimum Gasteiger partial charge on any atom is -0.395 e. The topological polar surface area (TPSA) is 50.4 Å². The maximum atomic E-state index is 6.27. The van der Waals surface area contributed by atoms with Crippen molar-refractivity contribution in [1.82, 2.24) is 5.32 Å². The van der Waals surface area contributed by atoms with Gasteiger partial charge in [-0.1, -0.05) is 76.6 Å². The second kappa shape index (κ2) is 10.9. The lowest BCUT2D eigenvalue weighted by Crippen LogP contribution is -2.18. The number of aliphatic imine (C=N–C) groups is 1. The molecule has 3 N–H and O–H groups in total. The summed E-state index contributed by atoms with van der Waals surface area (Å²) >= 11 is 6.27. The zero-order valence-corrected chi connectivity index (χ0v) is 16.7. The first-order valence-electron chi connectivity index (χ1n) is 8.35. The highest BCUT2D eigenvalue weighted by molar-refractivity contribution is 6.31. The van der Waals surface area contributed by atoms with Gasteiger partial charge < -0.3 is 11.1 Å². The molecule has 1 rings (SSSR count). The standard InChI is InChI=1S/C18H26ClN3.C2H6/c1-13-8-6-7-9-14(13)12-22-17(21-5)16(20)15(19)10-11-18(2,3)4;1-2/h6-10,22H,5,11-12,20H2,1-4H3;1-2H3/b15-10+,17-16-;. The Bertz CT molecular complexity index is 581. The fraction of sp³-hybridized carbons (Fsp3) is 0.450. The summed E-state index contributed by atoms with van der Waals surface area (Å²) in [6, 6.07) is 8.16. The summed E-state index contributed by atoms with van der Waals surface area (Å²) in [6.07, 6.45) is 2.77. The lowest BCUT2D eigenvalue weighted by atomic mass is 9.92. The van der Waals surface area contributed by atoms with E-state index < -0.39 is 0 Å². The molecule has 3 nitrogen and oxygen atoms in total. The van der Waals surface area contributed by atoms with Crippen LogP contribution in [0.1, 0.15) is 52.2 Å². The molecule has 0 aromatic heterocycles. The number of nitrogens with zero attached hydrogens (tertiary/aromatic N) is 1. The van der Waals surface area contributed by atoms with Crippen LogP contribution in [0, 0.1) is 12.3 Å². The van der Waals surface area contributed by atoms with Gasteiger partial charge in [0.05, 0.1) is 10.7 Å². The molecule has 1 aromatic rings. The van der Waals surface area contributed by atoms with E-state index in [-0.39, 0.29) is 5.41 Å². The smallest absolute Gasteiger partial charge is 0.150 e. The third kappa shape index (κ3) is 8.21. The molecule has 0 aliphatic heterocycles. The lowest BCUT2D eigenvalue weighted by Gasteiger charge is -2.16. The summed E-state index contributed by atoms with van der Waals surface area (Å²) in [7, 11) is 0. The Morgan fingerprint density at radius 1 is 1.29 bits per heavy atom.